The number of hydrogen-bond donors (Lipinski definition) is 1. The number of nitrogens with zero attached hydrogens (tertiary/aromatic N) is 3. The molecule has 1 aliphatic heterocycles. The van der Waals surface area contributed by atoms with Crippen LogP contribution in [-0.4, -0.2) is 19.7 Å². The molecule has 0 unspecified atom stereocenters. The van der Waals surface area contributed by atoms with E-state index in [0.29, 0.717) is 6.54 Å². The van der Waals surface area contributed by atoms with Crippen LogP contribution in [0, 0.1) is 6.92 Å². The first-order chi connectivity index (χ1) is 21.1. The van der Waals surface area contributed by atoms with E-state index < -0.39 is 29.0 Å². The van der Waals surface area contributed by atoms with E-state index in [9.17, 15) is 26.3 Å². The van der Waals surface area contributed by atoms with Crippen LogP contribution in [0.1, 0.15) is 72.3 Å². The molecule has 0 saturated heterocycles. The van der Waals surface area contributed by atoms with E-state index in [4.69, 9.17) is 5.10 Å². The first-order valence-corrected chi connectivity index (χ1v) is 15.0. The summed E-state index contributed by atoms with van der Waals surface area (Å²) in [5.74, 6) is 0. The molecular weight excluding hydrogens is 590 g/mol. The molecule has 3 aromatic carbocycles. The third-order valence-corrected chi connectivity index (χ3v) is 9.09. The van der Waals surface area contributed by atoms with E-state index in [1.807, 2.05) is 54.7 Å². The quantitative estimate of drug-likeness (QED) is 0.191. The molecule has 0 atom stereocenters. The predicted molar refractivity (Wildman–Crippen MR) is 163 cm³/mol. The van der Waals surface area contributed by atoms with Gasteiger partial charge in [-0.25, -0.2) is 4.68 Å². The number of para-hydroxylation sites is 1. The maximum absolute atomic E-state index is 13.7. The summed E-state index contributed by atoms with van der Waals surface area (Å²) >= 11 is 0. The number of rotatable bonds is 6. The van der Waals surface area contributed by atoms with Crippen LogP contribution in [-0.2, 0) is 43.8 Å². The molecule has 0 spiro atoms. The smallest absolute Gasteiger partial charge is 0.361 e. The zero-order valence-electron chi connectivity index (χ0n) is 25.7. The third-order valence-electron chi connectivity index (χ3n) is 9.09. The summed E-state index contributed by atoms with van der Waals surface area (Å²) < 4.78 is 84.0. The molecule has 3 heterocycles. The van der Waals surface area contributed by atoms with Crippen molar-refractivity contribution in [1.82, 2.24) is 19.7 Å². The fourth-order valence-corrected chi connectivity index (χ4v) is 6.65. The lowest BCUT2D eigenvalue weighted by atomic mass is 9.96. The number of hydrogen-bond acceptors (Lipinski definition) is 2. The second-order valence-corrected chi connectivity index (χ2v) is 12.2. The number of benzene rings is 3. The van der Waals surface area contributed by atoms with E-state index in [1.54, 1.807) is 0 Å². The van der Waals surface area contributed by atoms with Crippen molar-refractivity contribution in [3.63, 3.8) is 0 Å². The summed E-state index contributed by atoms with van der Waals surface area (Å²) in [5, 5.41) is 6.24. The zero-order chi connectivity index (χ0) is 32.5. The van der Waals surface area contributed by atoms with Crippen molar-refractivity contribution in [3.05, 3.63) is 105 Å². The van der Waals surface area contributed by atoms with Crippen molar-refractivity contribution in [3.8, 4) is 16.9 Å². The number of aryl methyl sites for hydroxylation is 3. The second kappa shape index (κ2) is 10.8. The minimum atomic E-state index is -4.91. The number of halogens is 6. The number of alkyl halides is 6. The molecule has 6 rings (SSSR count). The lowest BCUT2D eigenvalue weighted by Gasteiger charge is -2.32. The van der Waals surface area contributed by atoms with Gasteiger partial charge in [-0.1, -0.05) is 44.2 Å². The first kappa shape index (κ1) is 31.0. The highest BCUT2D eigenvalue weighted by molar-refractivity contribution is 5.97. The lowest BCUT2D eigenvalue weighted by molar-refractivity contribution is -0.143. The summed E-state index contributed by atoms with van der Waals surface area (Å²) in [6, 6.07) is 14.2. The molecular formula is C35H34F6N4. The fourth-order valence-electron chi connectivity index (χ4n) is 6.65. The molecule has 0 saturated carbocycles. The Morgan fingerprint density at radius 1 is 0.867 bits per heavy atom. The van der Waals surface area contributed by atoms with Crippen molar-refractivity contribution < 1.29 is 26.3 Å². The van der Waals surface area contributed by atoms with Gasteiger partial charge in [-0.2, -0.15) is 31.4 Å². The highest BCUT2D eigenvalue weighted by atomic mass is 19.4. The average molecular weight is 625 g/mol. The van der Waals surface area contributed by atoms with Gasteiger partial charge in [0.15, 0.2) is 0 Å². The maximum Gasteiger partial charge on any atom is 0.416 e. The Bertz CT molecular complexity index is 1850. The van der Waals surface area contributed by atoms with Gasteiger partial charge in [-0.15, -0.1) is 0 Å². The van der Waals surface area contributed by atoms with E-state index in [-0.39, 0.29) is 18.2 Å². The summed E-state index contributed by atoms with van der Waals surface area (Å²) in [5.41, 5.74) is 5.34. The Morgan fingerprint density at radius 2 is 1.49 bits per heavy atom. The van der Waals surface area contributed by atoms with Gasteiger partial charge in [0, 0.05) is 41.3 Å². The largest absolute Gasteiger partial charge is 0.416 e. The molecule has 0 amide bonds. The Labute approximate surface area is 257 Å². The van der Waals surface area contributed by atoms with E-state index in [1.165, 1.54) is 0 Å². The number of aromatic amines is 1. The molecule has 0 fully saturated rings. The molecule has 236 valence electrons. The highest BCUT2D eigenvalue weighted by Gasteiger charge is 2.44. The SMILES string of the molecule is CCc1cccc(CC)c1-n1nc2c(c1-c1ccc(C)c3[nH]ccc13)CN(Cc1cc(C(F)(F)F)cc(C(F)(F)F)c1)C2(C)C. The molecule has 2 aromatic heterocycles. The van der Waals surface area contributed by atoms with Crippen LogP contribution in [0.2, 0.25) is 0 Å². The third kappa shape index (κ3) is 5.22. The van der Waals surface area contributed by atoms with Crippen molar-refractivity contribution >= 4 is 10.9 Å². The molecule has 45 heavy (non-hydrogen) atoms. The van der Waals surface area contributed by atoms with Gasteiger partial charge in [0.05, 0.1) is 33.7 Å². The topological polar surface area (TPSA) is 36.9 Å². The summed E-state index contributed by atoms with van der Waals surface area (Å²) in [4.78, 5) is 5.24. The Morgan fingerprint density at radius 3 is 2.07 bits per heavy atom. The van der Waals surface area contributed by atoms with Gasteiger partial charge in [0.2, 0.25) is 0 Å². The standard InChI is InChI=1S/C35H34F6N4/c1-6-22-9-8-10-23(7-2)30(22)45-31(27-12-11-20(3)29-26(27)13-14-42-29)28-19-44(33(4,5)32(28)43-45)18-21-15-24(34(36,37)38)17-25(16-21)35(39,40)41/h8-17,42H,6-7,18-19H2,1-5H3. The second-order valence-electron chi connectivity index (χ2n) is 12.2. The Kier molecular flexibility index (Phi) is 7.42. The van der Waals surface area contributed by atoms with Gasteiger partial charge in [0.1, 0.15) is 0 Å². The summed E-state index contributed by atoms with van der Waals surface area (Å²) in [6.07, 6.45) is -6.36. The van der Waals surface area contributed by atoms with E-state index >= 15 is 0 Å². The molecule has 0 radical (unpaired) electrons. The minimum Gasteiger partial charge on any atom is -0.361 e. The number of fused-ring (bicyclic) bond motifs is 2. The highest BCUT2D eigenvalue weighted by Crippen LogP contribution is 2.47. The molecule has 5 aromatic rings. The molecule has 0 aliphatic carbocycles. The van der Waals surface area contributed by atoms with Crippen LogP contribution in [0.25, 0.3) is 27.8 Å². The predicted octanol–water partition coefficient (Wildman–Crippen LogP) is 9.74. The summed E-state index contributed by atoms with van der Waals surface area (Å²) in [6.45, 7) is 10.3. The monoisotopic (exact) mass is 624 g/mol. The number of aromatic nitrogens is 3. The van der Waals surface area contributed by atoms with Crippen molar-refractivity contribution in [2.75, 3.05) is 0 Å². The van der Waals surface area contributed by atoms with Crippen molar-refractivity contribution in [2.24, 2.45) is 0 Å². The molecule has 1 N–H and O–H groups in total. The molecule has 10 heteroatoms. The van der Waals surface area contributed by atoms with Crippen molar-refractivity contribution in [1.29, 1.82) is 0 Å². The van der Waals surface area contributed by atoms with Crippen molar-refractivity contribution in [2.45, 2.75) is 78.4 Å². The number of H-pyrrole nitrogens is 1. The first-order valence-electron chi connectivity index (χ1n) is 15.0. The average Bonchev–Trinajstić information content (AvgIpc) is 3.67. The van der Waals surface area contributed by atoms with Gasteiger partial charge < -0.3 is 4.98 Å². The minimum absolute atomic E-state index is 0.0576. The zero-order valence-corrected chi connectivity index (χ0v) is 25.7. The van der Waals surface area contributed by atoms with E-state index in [2.05, 4.69) is 37.0 Å². The maximum atomic E-state index is 13.7. The van der Waals surface area contributed by atoms with Gasteiger partial charge in [0.25, 0.3) is 0 Å². The van der Waals surface area contributed by atoms with Crippen LogP contribution in [0.5, 0.6) is 0 Å². The number of nitrogens with one attached hydrogen (secondary N) is 1. The normalized spacial score (nSPS) is 15.3. The molecule has 1 aliphatic rings. The molecule has 4 nitrogen and oxygen atoms in total. The van der Waals surface area contributed by atoms with Crippen LogP contribution in [0.15, 0.2) is 60.8 Å². The van der Waals surface area contributed by atoms with E-state index in [0.717, 1.165) is 80.8 Å². The Balaban J connectivity index is 1.54. The van der Waals surface area contributed by atoms with Crippen LogP contribution in [0.4, 0.5) is 26.3 Å². The summed E-state index contributed by atoms with van der Waals surface area (Å²) in [7, 11) is 0. The molecule has 0 bridgehead atoms. The van der Waals surface area contributed by atoms with Gasteiger partial charge in [-0.3, -0.25) is 4.90 Å². The Hall–Kier alpha value is -4.05. The van der Waals surface area contributed by atoms with Gasteiger partial charge >= 0.3 is 12.4 Å². The van der Waals surface area contributed by atoms with Crippen LogP contribution in [0.3, 0.4) is 0 Å². The van der Waals surface area contributed by atoms with Crippen LogP contribution < -0.4 is 0 Å². The lowest BCUT2D eigenvalue weighted by Crippen LogP contribution is -2.36. The van der Waals surface area contributed by atoms with Crippen LogP contribution >= 0.6 is 0 Å². The fraction of sp³-hybridized carbons (Fsp3) is 0.343. The van der Waals surface area contributed by atoms with Gasteiger partial charge in [-0.05, 0) is 80.1 Å².